The third-order valence-electron chi connectivity index (χ3n) is 2.80. The van der Waals surface area contributed by atoms with Gasteiger partial charge < -0.3 is 10.2 Å². The molecular formula is C14H25N3. The summed E-state index contributed by atoms with van der Waals surface area (Å²) in [6, 6.07) is 6.09. The molecule has 0 aliphatic carbocycles. The molecule has 0 saturated carbocycles. The van der Waals surface area contributed by atoms with E-state index in [0.29, 0.717) is 0 Å². The molecule has 3 heteroatoms. The summed E-state index contributed by atoms with van der Waals surface area (Å²) in [5, 5.41) is 3.49. The minimum Gasteiger partial charge on any atom is -0.311 e. The lowest BCUT2D eigenvalue weighted by Crippen LogP contribution is -2.48. The first-order valence-electron chi connectivity index (χ1n) is 6.37. The number of aromatic nitrogens is 1. The SMILES string of the molecule is CCNC(C)(C)CN(C)CCc1ccccn1. The first-order valence-corrected chi connectivity index (χ1v) is 6.37. The van der Waals surface area contributed by atoms with Crippen LogP contribution in [-0.2, 0) is 6.42 Å². The highest BCUT2D eigenvalue weighted by Crippen LogP contribution is 2.05. The molecule has 1 aromatic heterocycles. The van der Waals surface area contributed by atoms with Crippen LogP contribution in [0.2, 0.25) is 0 Å². The maximum atomic E-state index is 4.34. The molecule has 0 unspecified atom stereocenters. The maximum absolute atomic E-state index is 4.34. The highest BCUT2D eigenvalue weighted by molar-refractivity contribution is 5.03. The first kappa shape index (κ1) is 14.1. The zero-order valence-corrected chi connectivity index (χ0v) is 11.5. The molecule has 0 radical (unpaired) electrons. The predicted molar refractivity (Wildman–Crippen MR) is 73.2 cm³/mol. The average molecular weight is 235 g/mol. The average Bonchev–Trinajstić information content (AvgIpc) is 2.27. The number of likely N-dealkylation sites (N-methyl/N-ethyl adjacent to an activating group) is 2. The van der Waals surface area contributed by atoms with Gasteiger partial charge in [-0.2, -0.15) is 0 Å². The number of pyridine rings is 1. The Morgan fingerprint density at radius 3 is 2.71 bits per heavy atom. The van der Waals surface area contributed by atoms with Gasteiger partial charge in [0.2, 0.25) is 0 Å². The van der Waals surface area contributed by atoms with Crippen LogP contribution in [0, 0.1) is 0 Å². The minimum atomic E-state index is 0.174. The molecule has 17 heavy (non-hydrogen) atoms. The summed E-state index contributed by atoms with van der Waals surface area (Å²) in [6.07, 6.45) is 2.87. The predicted octanol–water partition coefficient (Wildman–Crippen LogP) is 1.94. The van der Waals surface area contributed by atoms with Gasteiger partial charge in [-0.1, -0.05) is 13.0 Å². The second-order valence-electron chi connectivity index (χ2n) is 5.22. The minimum absolute atomic E-state index is 0.174. The van der Waals surface area contributed by atoms with Crippen molar-refractivity contribution in [2.75, 3.05) is 26.7 Å². The molecule has 1 rings (SSSR count). The Bertz CT molecular complexity index is 309. The number of hydrogen-bond donors (Lipinski definition) is 1. The van der Waals surface area contributed by atoms with Crippen molar-refractivity contribution < 1.29 is 0 Å². The van der Waals surface area contributed by atoms with Crippen molar-refractivity contribution in [2.45, 2.75) is 32.7 Å². The van der Waals surface area contributed by atoms with E-state index in [1.54, 1.807) is 0 Å². The van der Waals surface area contributed by atoms with Crippen LogP contribution in [-0.4, -0.2) is 42.1 Å². The largest absolute Gasteiger partial charge is 0.311 e. The lowest BCUT2D eigenvalue weighted by atomic mass is 10.1. The molecule has 96 valence electrons. The summed E-state index contributed by atoms with van der Waals surface area (Å²) in [7, 11) is 2.17. The summed E-state index contributed by atoms with van der Waals surface area (Å²) >= 11 is 0. The van der Waals surface area contributed by atoms with Crippen LogP contribution >= 0.6 is 0 Å². The van der Waals surface area contributed by atoms with Crippen molar-refractivity contribution in [3.05, 3.63) is 30.1 Å². The molecule has 0 saturated heterocycles. The molecule has 0 spiro atoms. The fraction of sp³-hybridized carbons (Fsp3) is 0.643. The number of rotatable bonds is 7. The summed E-state index contributed by atoms with van der Waals surface area (Å²) in [5.41, 5.74) is 1.34. The molecule has 0 aliphatic heterocycles. The van der Waals surface area contributed by atoms with E-state index >= 15 is 0 Å². The highest BCUT2D eigenvalue weighted by atomic mass is 15.1. The monoisotopic (exact) mass is 235 g/mol. The van der Waals surface area contributed by atoms with E-state index in [1.807, 2.05) is 18.3 Å². The number of hydrogen-bond acceptors (Lipinski definition) is 3. The Labute approximate surface area is 105 Å². The lowest BCUT2D eigenvalue weighted by Gasteiger charge is -2.31. The molecule has 0 atom stereocenters. The van der Waals surface area contributed by atoms with Crippen molar-refractivity contribution in [3.8, 4) is 0 Å². The quantitative estimate of drug-likeness (QED) is 0.783. The van der Waals surface area contributed by atoms with E-state index in [9.17, 15) is 0 Å². The van der Waals surface area contributed by atoms with Crippen molar-refractivity contribution in [3.63, 3.8) is 0 Å². The van der Waals surface area contributed by atoms with E-state index in [2.05, 4.69) is 49.1 Å². The molecule has 3 nitrogen and oxygen atoms in total. The van der Waals surface area contributed by atoms with E-state index in [4.69, 9.17) is 0 Å². The van der Waals surface area contributed by atoms with Gasteiger partial charge in [0.1, 0.15) is 0 Å². The van der Waals surface area contributed by atoms with Crippen molar-refractivity contribution in [2.24, 2.45) is 0 Å². The topological polar surface area (TPSA) is 28.2 Å². The van der Waals surface area contributed by atoms with Gasteiger partial charge in [0.05, 0.1) is 0 Å². The lowest BCUT2D eigenvalue weighted by molar-refractivity contribution is 0.239. The Balaban J connectivity index is 2.33. The first-order chi connectivity index (χ1) is 8.03. The fourth-order valence-corrected chi connectivity index (χ4v) is 2.14. The molecule has 0 amide bonds. The molecule has 0 aromatic carbocycles. The molecule has 1 aromatic rings. The van der Waals surface area contributed by atoms with E-state index in [1.165, 1.54) is 5.69 Å². The third-order valence-corrected chi connectivity index (χ3v) is 2.80. The van der Waals surface area contributed by atoms with E-state index < -0.39 is 0 Å². The van der Waals surface area contributed by atoms with Gasteiger partial charge in [0.15, 0.2) is 0 Å². The third kappa shape index (κ3) is 5.80. The van der Waals surface area contributed by atoms with Gasteiger partial charge in [-0.25, -0.2) is 0 Å². The van der Waals surface area contributed by atoms with Crippen molar-refractivity contribution >= 4 is 0 Å². The van der Waals surface area contributed by atoms with Gasteiger partial charge in [0, 0.05) is 36.9 Å². The van der Waals surface area contributed by atoms with E-state index in [-0.39, 0.29) is 5.54 Å². The van der Waals surface area contributed by atoms with Crippen LogP contribution in [0.3, 0.4) is 0 Å². The summed E-state index contributed by atoms with van der Waals surface area (Å²) < 4.78 is 0. The van der Waals surface area contributed by atoms with E-state index in [0.717, 1.165) is 26.1 Å². The smallest absolute Gasteiger partial charge is 0.0416 e. The number of nitrogens with one attached hydrogen (secondary N) is 1. The molecule has 0 bridgehead atoms. The van der Waals surface area contributed by atoms with Gasteiger partial charge >= 0.3 is 0 Å². The Morgan fingerprint density at radius 1 is 1.35 bits per heavy atom. The second-order valence-corrected chi connectivity index (χ2v) is 5.22. The van der Waals surface area contributed by atoms with Crippen LogP contribution in [0.25, 0.3) is 0 Å². The Kier molecular flexibility index (Phi) is 5.59. The van der Waals surface area contributed by atoms with Gasteiger partial charge in [-0.15, -0.1) is 0 Å². The highest BCUT2D eigenvalue weighted by Gasteiger charge is 2.17. The number of nitrogens with zero attached hydrogens (tertiary/aromatic N) is 2. The zero-order valence-electron chi connectivity index (χ0n) is 11.5. The van der Waals surface area contributed by atoms with Crippen molar-refractivity contribution in [1.82, 2.24) is 15.2 Å². The van der Waals surface area contributed by atoms with Crippen molar-refractivity contribution in [1.29, 1.82) is 0 Å². The summed E-state index contributed by atoms with van der Waals surface area (Å²) in [6.45, 7) is 9.75. The fourth-order valence-electron chi connectivity index (χ4n) is 2.14. The standard InChI is InChI=1S/C14H25N3/c1-5-16-14(2,3)12-17(4)11-9-13-8-6-7-10-15-13/h6-8,10,16H,5,9,11-12H2,1-4H3. The molecule has 1 heterocycles. The van der Waals surface area contributed by atoms with Crippen LogP contribution in [0.15, 0.2) is 24.4 Å². The van der Waals surface area contributed by atoms with Crippen LogP contribution < -0.4 is 5.32 Å². The summed E-state index contributed by atoms with van der Waals surface area (Å²) in [5.74, 6) is 0. The molecule has 0 aliphatic rings. The van der Waals surface area contributed by atoms with Crippen LogP contribution in [0.4, 0.5) is 0 Å². The molecular weight excluding hydrogens is 210 g/mol. The van der Waals surface area contributed by atoms with Crippen LogP contribution in [0.5, 0.6) is 0 Å². The van der Waals surface area contributed by atoms with Gasteiger partial charge in [-0.05, 0) is 39.6 Å². The van der Waals surface area contributed by atoms with Crippen LogP contribution in [0.1, 0.15) is 26.5 Å². The second kappa shape index (κ2) is 6.72. The Morgan fingerprint density at radius 2 is 2.12 bits per heavy atom. The molecule has 1 N–H and O–H groups in total. The normalized spacial score (nSPS) is 12.1. The zero-order chi connectivity index (χ0) is 12.7. The summed E-state index contributed by atoms with van der Waals surface area (Å²) in [4.78, 5) is 6.70. The maximum Gasteiger partial charge on any atom is 0.0416 e. The molecule has 0 fully saturated rings. The van der Waals surface area contributed by atoms with Gasteiger partial charge in [-0.3, -0.25) is 4.98 Å². The van der Waals surface area contributed by atoms with Gasteiger partial charge in [0.25, 0.3) is 0 Å². The Hall–Kier alpha value is -0.930.